The van der Waals surface area contributed by atoms with Crippen LogP contribution < -0.4 is 10.3 Å². The first-order valence-electron chi connectivity index (χ1n) is 6.73. The standard InChI is InChI=1S/C15H22N2O/c1-13(2)12-16-8-10-17(11-9-16)14-6-4-3-5-7-15(14)18/h3-7,13H,8-12H2,1-2H3. The van der Waals surface area contributed by atoms with E-state index in [0.717, 1.165) is 38.4 Å². The average molecular weight is 246 g/mol. The smallest absolute Gasteiger partial charge is 0.201 e. The molecule has 0 aromatic heterocycles. The van der Waals surface area contributed by atoms with Crippen LogP contribution in [0, 0.1) is 5.92 Å². The molecule has 1 heterocycles. The SMILES string of the molecule is CC(C)CN1CCN(c2cccccc2=O)CC1. The van der Waals surface area contributed by atoms with E-state index in [4.69, 9.17) is 0 Å². The van der Waals surface area contributed by atoms with Crippen LogP contribution in [0.5, 0.6) is 0 Å². The maximum atomic E-state index is 11.9. The van der Waals surface area contributed by atoms with Gasteiger partial charge >= 0.3 is 0 Å². The maximum Gasteiger partial charge on any atom is 0.201 e. The summed E-state index contributed by atoms with van der Waals surface area (Å²) in [5, 5.41) is 0. The highest BCUT2D eigenvalue weighted by molar-refractivity contribution is 5.45. The third-order valence-electron chi connectivity index (χ3n) is 3.31. The molecular formula is C15H22N2O. The van der Waals surface area contributed by atoms with Gasteiger partial charge in [-0.05, 0) is 18.1 Å². The maximum absolute atomic E-state index is 11.9. The van der Waals surface area contributed by atoms with Gasteiger partial charge < -0.3 is 4.90 Å². The highest BCUT2D eigenvalue weighted by Crippen LogP contribution is 2.11. The molecule has 0 N–H and O–H groups in total. The molecule has 1 fully saturated rings. The van der Waals surface area contributed by atoms with Gasteiger partial charge in [0, 0.05) is 32.7 Å². The van der Waals surface area contributed by atoms with Gasteiger partial charge in [-0.25, -0.2) is 0 Å². The molecule has 1 aliphatic rings. The second kappa shape index (κ2) is 6.01. The Labute approximate surface area is 109 Å². The Balaban J connectivity index is 2.02. The zero-order valence-corrected chi connectivity index (χ0v) is 11.3. The Morgan fingerprint density at radius 1 is 1.06 bits per heavy atom. The lowest BCUT2D eigenvalue weighted by Crippen LogP contribution is -2.48. The zero-order chi connectivity index (χ0) is 13.0. The number of nitrogens with zero attached hydrogens (tertiary/aromatic N) is 2. The molecule has 1 aromatic carbocycles. The lowest BCUT2D eigenvalue weighted by molar-refractivity contribution is 0.231. The summed E-state index contributed by atoms with van der Waals surface area (Å²) in [7, 11) is 0. The van der Waals surface area contributed by atoms with Crippen molar-refractivity contribution >= 4 is 5.69 Å². The van der Waals surface area contributed by atoms with Crippen molar-refractivity contribution in [1.29, 1.82) is 0 Å². The Kier molecular flexibility index (Phi) is 4.37. The van der Waals surface area contributed by atoms with Crippen molar-refractivity contribution in [2.75, 3.05) is 37.6 Å². The fourth-order valence-corrected chi connectivity index (χ4v) is 2.47. The van der Waals surface area contributed by atoms with E-state index in [9.17, 15) is 4.79 Å². The van der Waals surface area contributed by atoms with Crippen LogP contribution in [0.1, 0.15) is 13.8 Å². The van der Waals surface area contributed by atoms with Gasteiger partial charge in [-0.15, -0.1) is 0 Å². The van der Waals surface area contributed by atoms with Crippen LogP contribution in [0.3, 0.4) is 0 Å². The molecule has 1 aromatic rings. The summed E-state index contributed by atoms with van der Waals surface area (Å²) in [4.78, 5) is 16.6. The molecule has 1 saturated heterocycles. The topological polar surface area (TPSA) is 23.6 Å². The Morgan fingerprint density at radius 3 is 2.39 bits per heavy atom. The van der Waals surface area contributed by atoms with Crippen molar-refractivity contribution < 1.29 is 0 Å². The Morgan fingerprint density at radius 2 is 1.72 bits per heavy atom. The molecule has 0 atom stereocenters. The first-order chi connectivity index (χ1) is 8.66. The fraction of sp³-hybridized carbons (Fsp3) is 0.533. The van der Waals surface area contributed by atoms with Crippen LogP contribution in [0.25, 0.3) is 0 Å². The molecule has 1 aliphatic heterocycles. The minimum absolute atomic E-state index is 0.123. The highest BCUT2D eigenvalue weighted by atomic mass is 16.1. The molecule has 0 radical (unpaired) electrons. The molecule has 0 bridgehead atoms. The van der Waals surface area contributed by atoms with E-state index < -0.39 is 0 Å². The van der Waals surface area contributed by atoms with Crippen molar-refractivity contribution in [3.63, 3.8) is 0 Å². The first-order valence-corrected chi connectivity index (χ1v) is 6.73. The highest BCUT2D eigenvalue weighted by Gasteiger charge is 2.18. The summed E-state index contributed by atoms with van der Waals surface area (Å²) >= 11 is 0. The lowest BCUT2D eigenvalue weighted by atomic mass is 10.2. The summed E-state index contributed by atoms with van der Waals surface area (Å²) in [6.07, 6.45) is 0. The summed E-state index contributed by atoms with van der Waals surface area (Å²) in [5.41, 5.74) is 0.960. The van der Waals surface area contributed by atoms with Crippen LogP contribution in [0.15, 0.2) is 35.1 Å². The van der Waals surface area contributed by atoms with Crippen molar-refractivity contribution in [3.05, 3.63) is 40.6 Å². The predicted molar refractivity (Wildman–Crippen MR) is 76.2 cm³/mol. The van der Waals surface area contributed by atoms with Gasteiger partial charge in [-0.1, -0.05) is 32.0 Å². The van der Waals surface area contributed by atoms with Crippen LogP contribution in [-0.4, -0.2) is 37.6 Å². The van der Waals surface area contributed by atoms with E-state index >= 15 is 0 Å². The summed E-state index contributed by atoms with van der Waals surface area (Å²) in [5.74, 6) is 0.709. The number of rotatable bonds is 3. The van der Waals surface area contributed by atoms with Crippen molar-refractivity contribution in [2.45, 2.75) is 13.8 Å². The molecule has 3 nitrogen and oxygen atoms in total. The van der Waals surface area contributed by atoms with Gasteiger partial charge in [0.2, 0.25) is 5.43 Å². The fourth-order valence-electron chi connectivity index (χ4n) is 2.47. The number of anilines is 1. The molecule has 98 valence electrons. The molecule has 3 heteroatoms. The first kappa shape index (κ1) is 13.1. The van der Waals surface area contributed by atoms with Gasteiger partial charge in [0.1, 0.15) is 0 Å². The second-order valence-corrected chi connectivity index (χ2v) is 5.34. The van der Waals surface area contributed by atoms with Gasteiger partial charge in [0.25, 0.3) is 0 Å². The molecule has 0 spiro atoms. The number of hydrogen-bond donors (Lipinski definition) is 0. The third-order valence-corrected chi connectivity index (χ3v) is 3.31. The van der Waals surface area contributed by atoms with E-state index in [1.807, 2.05) is 18.2 Å². The van der Waals surface area contributed by atoms with E-state index in [1.165, 1.54) is 0 Å². The van der Waals surface area contributed by atoms with Crippen LogP contribution in [0.4, 0.5) is 5.69 Å². The van der Waals surface area contributed by atoms with E-state index in [2.05, 4.69) is 23.6 Å². The van der Waals surface area contributed by atoms with Crippen LogP contribution in [0.2, 0.25) is 0 Å². The Hall–Kier alpha value is -1.35. The van der Waals surface area contributed by atoms with Gasteiger partial charge in [-0.3, -0.25) is 9.69 Å². The quantitative estimate of drug-likeness (QED) is 0.813. The van der Waals surface area contributed by atoms with Crippen LogP contribution in [-0.2, 0) is 0 Å². The van der Waals surface area contributed by atoms with Crippen LogP contribution >= 0.6 is 0 Å². The normalized spacial score (nSPS) is 17.2. The molecule has 2 rings (SSSR count). The predicted octanol–water partition coefficient (Wildman–Crippen LogP) is 1.82. The van der Waals surface area contributed by atoms with E-state index in [0.29, 0.717) is 5.92 Å². The second-order valence-electron chi connectivity index (χ2n) is 5.34. The molecule has 18 heavy (non-hydrogen) atoms. The van der Waals surface area contributed by atoms with Crippen molar-refractivity contribution in [1.82, 2.24) is 4.90 Å². The summed E-state index contributed by atoms with van der Waals surface area (Å²) in [6, 6.07) is 9.23. The van der Waals surface area contributed by atoms with Crippen molar-refractivity contribution in [3.8, 4) is 0 Å². The van der Waals surface area contributed by atoms with Gasteiger partial charge in [-0.2, -0.15) is 0 Å². The van der Waals surface area contributed by atoms with E-state index in [-0.39, 0.29) is 5.43 Å². The molecule has 0 amide bonds. The van der Waals surface area contributed by atoms with Gasteiger partial charge in [0.15, 0.2) is 0 Å². The summed E-state index contributed by atoms with van der Waals surface area (Å²) in [6.45, 7) is 9.66. The molecule has 0 saturated carbocycles. The Bertz CT molecular complexity index is 437. The average Bonchev–Trinajstić information content (AvgIpc) is 2.54. The summed E-state index contributed by atoms with van der Waals surface area (Å²) < 4.78 is 0. The molecule has 0 unspecified atom stereocenters. The van der Waals surface area contributed by atoms with Gasteiger partial charge in [0.05, 0.1) is 5.69 Å². The molecule has 0 aliphatic carbocycles. The number of piperazine rings is 1. The van der Waals surface area contributed by atoms with E-state index in [1.54, 1.807) is 12.1 Å². The minimum Gasteiger partial charge on any atom is -0.366 e. The van der Waals surface area contributed by atoms with Crippen molar-refractivity contribution in [2.24, 2.45) is 5.92 Å². The molecular weight excluding hydrogens is 224 g/mol. The largest absolute Gasteiger partial charge is 0.366 e. The monoisotopic (exact) mass is 246 g/mol. The minimum atomic E-state index is 0.123. The zero-order valence-electron chi connectivity index (χ0n) is 11.3. The number of hydrogen-bond acceptors (Lipinski definition) is 3. The third kappa shape index (κ3) is 3.33. The lowest BCUT2D eigenvalue weighted by Gasteiger charge is -2.36.